The quantitative estimate of drug-likeness (QED) is 0.712. The maximum absolute atomic E-state index is 12.5. The molecule has 0 saturated heterocycles. The van der Waals surface area contributed by atoms with Gasteiger partial charge in [0.1, 0.15) is 12.4 Å². The number of hydrogen-bond donors (Lipinski definition) is 1. The number of benzene rings is 2. The van der Waals surface area contributed by atoms with E-state index in [-0.39, 0.29) is 5.91 Å². The zero-order chi connectivity index (χ0) is 16.8. The minimum absolute atomic E-state index is 0.134. The number of ether oxygens (including phenoxy) is 1. The van der Waals surface area contributed by atoms with Crippen LogP contribution in [0.5, 0.6) is 5.75 Å². The number of halogens is 1. The number of amides is 1. The highest BCUT2D eigenvalue weighted by Gasteiger charge is 2.12. The van der Waals surface area contributed by atoms with Crippen LogP contribution in [0.25, 0.3) is 0 Å². The molecule has 120 valence electrons. The standard InChI is InChI=1S/C19H20BrNO2/c1-4-11-23-17-10-9-15(12-16(17)20)19(22)21-18-13(3)7-6-8-14(18)5-2/h4,6-10,12H,1,5,11H2,2-3H3,(H,21,22). The molecule has 0 atom stereocenters. The molecule has 0 saturated carbocycles. The average molecular weight is 374 g/mol. The van der Waals surface area contributed by atoms with Crippen molar-refractivity contribution < 1.29 is 9.53 Å². The molecular formula is C19H20BrNO2. The second-order valence-corrected chi connectivity index (χ2v) is 6.02. The molecule has 0 fully saturated rings. The van der Waals surface area contributed by atoms with Crippen molar-refractivity contribution >= 4 is 27.5 Å². The number of carbonyl (C=O) groups is 1. The van der Waals surface area contributed by atoms with Gasteiger partial charge in [-0.05, 0) is 58.6 Å². The van der Waals surface area contributed by atoms with Crippen molar-refractivity contribution in [1.29, 1.82) is 0 Å². The van der Waals surface area contributed by atoms with Crippen LogP contribution < -0.4 is 10.1 Å². The van der Waals surface area contributed by atoms with E-state index in [2.05, 4.69) is 34.7 Å². The fourth-order valence-corrected chi connectivity index (χ4v) is 2.79. The average Bonchev–Trinajstić information content (AvgIpc) is 2.55. The third kappa shape index (κ3) is 4.23. The topological polar surface area (TPSA) is 38.3 Å². The summed E-state index contributed by atoms with van der Waals surface area (Å²) < 4.78 is 6.24. The van der Waals surface area contributed by atoms with Crippen LogP contribution >= 0.6 is 15.9 Å². The summed E-state index contributed by atoms with van der Waals surface area (Å²) in [6, 6.07) is 11.3. The van der Waals surface area contributed by atoms with Gasteiger partial charge in [-0.3, -0.25) is 4.79 Å². The van der Waals surface area contributed by atoms with Crippen molar-refractivity contribution in [3.05, 3.63) is 70.2 Å². The summed E-state index contributed by atoms with van der Waals surface area (Å²) >= 11 is 3.43. The smallest absolute Gasteiger partial charge is 0.255 e. The molecular weight excluding hydrogens is 354 g/mol. The SMILES string of the molecule is C=CCOc1ccc(C(=O)Nc2c(C)cccc2CC)cc1Br. The minimum Gasteiger partial charge on any atom is -0.488 e. The maximum Gasteiger partial charge on any atom is 0.255 e. The van der Waals surface area contributed by atoms with Crippen molar-refractivity contribution in [2.24, 2.45) is 0 Å². The van der Waals surface area contributed by atoms with E-state index in [1.807, 2.05) is 25.1 Å². The van der Waals surface area contributed by atoms with Gasteiger partial charge in [-0.15, -0.1) is 0 Å². The monoisotopic (exact) mass is 373 g/mol. The fraction of sp³-hybridized carbons (Fsp3) is 0.211. The Morgan fingerprint density at radius 2 is 2.13 bits per heavy atom. The lowest BCUT2D eigenvalue weighted by atomic mass is 10.1. The number of aryl methyl sites for hydroxylation is 2. The van der Waals surface area contributed by atoms with Gasteiger partial charge in [-0.1, -0.05) is 37.8 Å². The van der Waals surface area contributed by atoms with E-state index in [1.165, 1.54) is 0 Å². The molecule has 0 heterocycles. The number of rotatable bonds is 6. The zero-order valence-electron chi connectivity index (χ0n) is 13.4. The molecule has 0 aliphatic carbocycles. The predicted octanol–water partition coefficient (Wildman–Crippen LogP) is 5.14. The first-order valence-corrected chi connectivity index (χ1v) is 8.29. The van der Waals surface area contributed by atoms with Gasteiger partial charge in [-0.2, -0.15) is 0 Å². The Morgan fingerprint density at radius 1 is 1.35 bits per heavy atom. The Balaban J connectivity index is 2.22. The highest BCUT2D eigenvalue weighted by Crippen LogP contribution is 2.27. The first-order valence-electron chi connectivity index (χ1n) is 7.50. The van der Waals surface area contributed by atoms with Crippen LogP contribution in [0.4, 0.5) is 5.69 Å². The van der Waals surface area contributed by atoms with Crippen LogP contribution in [0.15, 0.2) is 53.5 Å². The highest BCUT2D eigenvalue weighted by molar-refractivity contribution is 9.10. The Morgan fingerprint density at radius 3 is 2.78 bits per heavy atom. The molecule has 0 aromatic heterocycles. The second kappa shape index (κ2) is 7.97. The predicted molar refractivity (Wildman–Crippen MR) is 98.3 cm³/mol. The van der Waals surface area contributed by atoms with E-state index in [9.17, 15) is 4.79 Å². The van der Waals surface area contributed by atoms with Crippen LogP contribution in [0.3, 0.4) is 0 Å². The number of para-hydroxylation sites is 1. The summed E-state index contributed by atoms with van der Waals surface area (Å²) in [5, 5.41) is 3.02. The van der Waals surface area contributed by atoms with E-state index in [0.29, 0.717) is 17.9 Å². The first-order chi connectivity index (χ1) is 11.1. The summed E-state index contributed by atoms with van der Waals surface area (Å²) in [5.74, 6) is 0.552. The van der Waals surface area contributed by atoms with Crippen LogP contribution in [0, 0.1) is 6.92 Å². The molecule has 4 heteroatoms. The third-order valence-corrected chi connectivity index (χ3v) is 4.15. The number of hydrogen-bond acceptors (Lipinski definition) is 2. The molecule has 1 N–H and O–H groups in total. The van der Waals surface area contributed by atoms with E-state index < -0.39 is 0 Å². The van der Waals surface area contributed by atoms with Gasteiger partial charge < -0.3 is 10.1 Å². The van der Waals surface area contributed by atoms with Gasteiger partial charge in [0.25, 0.3) is 5.91 Å². The van der Waals surface area contributed by atoms with Crippen molar-refractivity contribution in [3.63, 3.8) is 0 Å². The van der Waals surface area contributed by atoms with E-state index in [0.717, 1.165) is 27.7 Å². The third-order valence-electron chi connectivity index (χ3n) is 3.53. The summed E-state index contributed by atoms with van der Waals surface area (Å²) in [6.45, 7) is 8.12. The molecule has 1 amide bonds. The van der Waals surface area contributed by atoms with Gasteiger partial charge in [0, 0.05) is 11.3 Å². The number of carbonyl (C=O) groups excluding carboxylic acids is 1. The Labute approximate surface area is 145 Å². The first kappa shape index (κ1) is 17.3. The molecule has 0 radical (unpaired) electrons. The fourth-order valence-electron chi connectivity index (χ4n) is 2.30. The van der Waals surface area contributed by atoms with E-state index in [1.54, 1.807) is 24.3 Å². The molecule has 23 heavy (non-hydrogen) atoms. The molecule has 0 spiro atoms. The molecule has 0 aliphatic rings. The summed E-state index contributed by atoms with van der Waals surface area (Å²) in [7, 11) is 0. The number of nitrogens with one attached hydrogen (secondary N) is 1. The zero-order valence-corrected chi connectivity index (χ0v) is 14.9. The largest absolute Gasteiger partial charge is 0.488 e. The van der Waals surface area contributed by atoms with Crippen LogP contribution in [-0.4, -0.2) is 12.5 Å². The Kier molecular flexibility index (Phi) is 5.99. The molecule has 2 aromatic carbocycles. The molecule has 0 unspecified atom stereocenters. The lowest BCUT2D eigenvalue weighted by Crippen LogP contribution is -2.14. The Bertz CT molecular complexity index is 725. The van der Waals surface area contributed by atoms with Crippen molar-refractivity contribution in [2.75, 3.05) is 11.9 Å². The van der Waals surface area contributed by atoms with Crippen molar-refractivity contribution in [2.45, 2.75) is 20.3 Å². The van der Waals surface area contributed by atoms with Crippen molar-refractivity contribution in [3.8, 4) is 5.75 Å². The molecule has 0 bridgehead atoms. The van der Waals surface area contributed by atoms with Crippen LogP contribution in [0.2, 0.25) is 0 Å². The number of anilines is 1. The summed E-state index contributed by atoms with van der Waals surface area (Å²) in [6.07, 6.45) is 2.55. The van der Waals surface area contributed by atoms with E-state index >= 15 is 0 Å². The maximum atomic E-state index is 12.5. The molecule has 0 aliphatic heterocycles. The van der Waals surface area contributed by atoms with Crippen LogP contribution in [-0.2, 0) is 6.42 Å². The van der Waals surface area contributed by atoms with Gasteiger partial charge in [0.05, 0.1) is 4.47 Å². The molecule has 2 aromatic rings. The minimum atomic E-state index is -0.134. The Hall–Kier alpha value is -2.07. The summed E-state index contributed by atoms with van der Waals surface area (Å²) in [5.41, 5.74) is 3.65. The van der Waals surface area contributed by atoms with Crippen molar-refractivity contribution in [1.82, 2.24) is 0 Å². The molecule has 2 rings (SSSR count). The van der Waals surface area contributed by atoms with Gasteiger partial charge in [0.2, 0.25) is 0 Å². The van der Waals surface area contributed by atoms with Gasteiger partial charge in [0.15, 0.2) is 0 Å². The van der Waals surface area contributed by atoms with Crippen LogP contribution in [0.1, 0.15) is 28.4 Å². The lowest BCUT2D eigenvalue weighted by Gasteiger charge is -2.13. The van der Waals surface area contributed by atoms with Gasteiger partial charge in [-0.25, -0.2) is 0 Å². The highest BCUT2D eigenvalue weighted by atomic mass is 79.9. The normalized spacial score (nSPS) is 10.2. The second-order valence-electron chi connectivity index (χ2n) is 5.16. The lowest BCUT2D eigenvalue weighted by molar-refractivity contribution is 0.102. The molecule has 3 nitrogen and oxygen atoms in total. The van der Waals surface area contributed by atoms with E-state index in [4.69, 9.17) is 4.74 Å². The van der Waals surface area contributed by atoms with Gasteiger partial charge >= 0.3 is 0 Å². The summed E-state index contributed by atoms with van der Waals surface area (Å²) in [4.78, 5) is 12.5.